The highest BCUT2D eigenvalue weighted by Gasteiger charge is 2.19. The fourth-order valence-corrected chi connectivity index (χ4v) is 9.83. The van der Waals surface area contributed by atoms with Gasteiger partial charge in [0, 0.05) is 19.3 Å². The van der Waals surface area contributed by atoms with Crippen molar-refractivity contribution in [2.24, 2.45) is 0 Å². The summed E-state index contributed by atoms with van der Waals surface area (Å²) in [5.41, 5.74) is 0. The van der Waals surface area contributed by atoms with Gasteiger partial charge in [-0.1, -0.05) is 326 Å². The molecule has 1 atom stereocenters. The second kappa shape index (κ2) is 64.6. The molecule has 0 rings (SSSR count). The van der Waals surface area contributed by atoms with E-state index in [4.69, 9.17) is 14.2 Å². The maximum absolute atomic E-state index is 12.9. The average molecular weight is 1060 g/mol. The summed E-state index contributed by atoms with van der Waals surface area (Å²) in [6.07, 6.45) is 82.4. The third-order valence-corrected chi connectivity index (χ3v) is 14.8. The summed E-state index contributed by atoms with van der Waals surface area (Å²) in [6, 6.07) is 0. The van der Waals surface area contributed by atoms with Crippen molar-refractivity contribution in [1.29, 1.82) is 0 Å². The number of ether oxygens (including phenoxy) is 3. The van der Waals surface area contributed by atoms with Crippen LogP contribution in [-0.4, -0.2) is 37.2 Å². The molecule has 0 heterocycles. The molecule has 0 N–H and O–H groups in total. The van der Waals surface area contributed by atoms with E-state index in [0.29, 0.717) is 19.3 Å². The van der Waals surface area contributed by atoms with E-state index in [9.17, 15) is 14.4 Å². The zero-order chi connectivity index (χ0) is 55.0. The topological polar surface area (TPSA) is 78.9 Å². The normalized spacial score (nSPS) is 12.4. The Morgan fingerprint density at radius 3 is 0.803 bits per heavy atom. The van der Waals surface area contributed by atoms with Crippen LogP contribution < -0.4 is 0 Å². The summed E-state index contributed by atoms with van der Waals surface area (Å²) < 4.78 is 16.9. The Hall–Kier alpha value is -2.89. The Morgan fingerprint density at radius 1 is 0.276 bits per heavy atom. The highest BCUT2D eigenvalue weighted by Crippen LogP contribution is 2.18. The molecule has 0 bridgehead atoms. The summed E-state index contributed by atoms with van der Waals surface area (Å²) in [5.74, 6) is -0.856. The van der Waals surface area contributed by atoms with Crippen molar-refractivity contribution in [1.82, 2.24) is 0 Å². The van der Waals surface area contributed by atoms with E-state index in [1.807, 2.05) is 0 Å². The molecule has 6 nitrogen and oxygen atoms in total. The van der Waals surface area contributed by atoms with Crippen molar-refractivity contribution in [2.75, 3.05) is 13.2 Å². The van der Waals surface area contributed by atoms with E-state index < -0.39 is 6.10 Å². The van der Waals surface area contributed by atoms with Crippen LogP contribution in [0.15, 0.2) is 60.8 Å². The van der Waals surface area contributed by atoms with E-state index in [2.05, 4.69) is 81.5 Å². The molecule has 0 aliphatic carbocycles. The van der Waals surface area contributed by atoms with E-state index >= 15 is 0 Å². The van der Waals surface area contributed by atoms with Gasteiger partial charge >= 0.3 is 17.9 Å². The van der Waals surface area contributed by atoms with Gasteiger partial charge in [0.15, 0.2) is 6.10 Å². The first kappa shape index (κ1) is 73.1. The van der Waals surface area contributed by atoms with Gasteiger partial charge in [-0.3, -0.25) is 14.4 Å². The third-order valence-electron chi connectivity index (χ3n) is 14.8. The Balaban J connectivity index is 4.24. The minimum Gasteiger partial charge on any atom is -0.462 e. The molecule has 0 aromatic carbocycles. The Kier molecular flexibility index (Phi) is 62.2. The minimum absolute atomic E-state index is 0.0708. The van der Waals surface area contributed by atoms with Crippen molar-refractivity contribution in [2.45, 2.75) is 354 Å². The SMILES string of the molecule is CC/C=C\C/C=C\C/C=C\C/C=C\C/C=C\CCCCCCCCCCCC(=O)OCC(COC(=O)CCCCCCCCCCCCC)OC(=O)CCCCCCCCCCCCCCCCCCCCCCCC. The van der Waals surface area contributed by atoms with E-state index in [1.165, 1.54) is 212 Å². The molecule has 0 saturated carbocycles. The lowest BCUT2D eigenvalue weighted by Gasteiger charge is -2.18. The highest BCUT2D eigenvalue weighted by atomic mass is 16.6. The maximum Gasteiger partial charge on any atom is 0.306 e. The molecule has 0 fully saturated rings. The van der Waals surface area contributed by atoms with E-state index in [0.717, 1.165) is 96.3 Å². The quantitative estimate of drug-likeness (QED) is 0.0261. The summed E-state index contributed by atoms with van der Waals surface area (Å²) in [6.45, 7) is 6.57. The van der Waals surface area contributed by atoms with Crippen molar-refractivity contribution in [3.63, 3.8) is 0 Å². The number of hydrogen-bond donors (Lipinski definition) is 0. The van der Waals surface area contributed by atoms with Gasteiger partial charge < -0.3 is 14.2 Å². The number of rotatable bonds is 61. The number of hydrogen-bond acceptors (Lipinski definition) is 6. The lowest BCUT2D eigenvalue weighted by Crippen LogP contribution is -2.30. The van der Waals surface area contributed by atoms with Gasteiger partial charge in [0.1, 0.15) is 13.2 Å². The molecule has 0 aliphatic rings. The molecule has 0 aliphatic heterocycles. The second-order valence-corrected chi connectivity index (χ2v) is 22.4. The van der Waals surface area contributed by atoms with Gasteiger partial charge in [0.25, 0.3) is 0 Å². The van der Waals surface area contributed by atoms with Crippen LogP contribution >= 0.6 is 0 Å². The fourth-order valence-electron chi connectivity index (χ4n) is 9.83. The number of carbonyl (C=O) groups excluding carboxylic acids is 3. The largest absolute Gasteiger partial charge is 0.462 e. The van der Waals surface area contributed by atoms with Gasteiger partial charge in [-0.15, -0.1) is 0 Å². The number of esters is 3. The van der Waals surface area contributed by atoms with E-state index in [1.54, 1.807) is 0 Å². The van der Waals surface area contributed by atoms with Crippen molar-refractivity contribution in [3.05, 3.63) is 60.8 Å². The van der Waals surface area contributed by atoms with Crippen LogP contribution in [0.2, 0.25) is 0 Å². The zero-order valence-electron chi connectivity index (χ0n) is 50.8. The highest BCUT2D eigenvalue weighted by molar-refractivity contribution is 5.71. The van der Waals surface area contributed by atoms with Crippen molar-refractivity contribution < 1.29 is 28.6 Å². The molecular formula is C70H126O6. The molecule has 0 aromatic heterocycles. The molecular weight excluding hydrogens is 937 g/mol. The lowest BCUT2D eigenvalue weighted by molar-refractivity contribution is -0.167. The number of allylic oxidation sites excluding steroid dienone is 10. The average Bonchev–Trinajstić information content (AvgIpc) is 3.42. The van der Waals surface area contributed by atoms with Gasteiger partial charge in [0.2, 0.25) is 0 Å². The predicted molar refractivity (Wildman–Crippen MR) is 330 cm³/mol. The van der Waals surface area contributed by atoms with Crippen LogP contribution in [0.25, 0.3) is 0 Å². The molecule has 0 saturated heterocycles. The van der Waals surface area contributed by atoms with Crippen LogP contribution in [-0.2, 0) is 28.6 Å². The van der Waals surface area contributed by atoms with Gasteiger partial charge in [-0.05, 0) is 64.2 Å². The van der Waals surface area contributed by atoms with Crippen LogP contribution in [0, 0.1) is 0 Å². The van der Waals surface area contributed by atoms with Crippen molar-refractivity contribution >= 4 is 17.9 Å². The molecule has 76 heavy (non-hydrogen) atoms. The predicted octanol–water partition coefficient (Wildman–Crippen LogP) is 22.7. The molecule has 0 amide bonds. The first-order valence-corrected chi connectivity index (χ1v) is 33.3. The van der Waals surface area contributed by atoms with Crippen molar-refractivity contribution in [3.8, 4) is 0 Å². The Morgan fingerprint density at radius 2 is 0.513 bits per heavy atom. The number of unbranched alkanes of at least 4 members (excludes halogenated alkanes) is 40. The van der Waals surface area contributed by atoms with Gasteiger partial charge in [0.05, 0.1) is 0 Å². The molecule has 1 unspecified atom stereocenters. The van der Waals surface area contributed by atoms with Crippen LogP contribution in [0.5, 0.6) is 0 Å². The molecule has 0 aromatic rings. The summed E-state index contributed by atoms with van der Waals surface area (Å²) in [7, 11) is 0. The van der Waals surface area contributed by atoms with Crippen LogP contribution in [0.3, 0.4) is 0 Å². The molecule has 0 radical (unpaired) electrons. The first-order chi connectivity index (χ1) is 37.5. The first-order valence-electron chi connectivity index (χ1n) is 33.3. The fraction of sp³-hybridized carbons (Fsp3) is 0.814. The summed E-state index contributed by atoms with van der Waals surface area (Å²) in [4.78, 5) is 38.3. The van der Waals surface area contributed by atoms with Crippen LogP contribution in [0.1, 0.15) is 348 Å². The minimum atomic E-state index is -0.774. The summed E-state index contributed by atoms with van der Waals surface area (Å²) in [5, 5.41) is 0. The smallest absolute Gasteiger partial charge is 0.306 e. The Bertz CT molecular complexity index is 1360. The third kappa shape index (κ3) is 62.0. The molecule has 0 spiro atoms. The standard InChI is InChI=1S/C70H126O6/c1-4-7-10-13-16-19-22-24-26-28-30-32-34-35-36-38-39-41-43-45-48-51-54-57-60-63-69(72)75-66-67(65-74-68(71)62-59-56-53-50-47-21-18-15-12-9-6-3)76-70(73)64-61-58-55-52-49-46-44-42-40-37-33-31-29-27-25-23-20-17-14-11-8-5-2/h7,10,16,19,24,26,30,32,35-36,67H,4-6,8-9,11-15,17-18,20-23,25,27-29,31,33-34,37-66H2,1-3H3/b10-7-,19-16-,26-24-,32-30-,36-35-. The van der Waals surface area contributed by atoms with Gasteiger partial charge in [-0.25, -0.2) is 0 Å². The molecule has 6 heteroatoms. The monoisotopic (exact) mass is 1060 g/mol. The number of carbonyl (C=O) groups is 3. The maximum atomic E-state index is 12.9. The second-order valence-electron chi connectivity index (χ2n) is 22.4. The Labute approximate surface area is 472 Å². The molecule has 442 valence electrons. The summed E-state index contributed by atoms with van der Waals surface area (Å²) >= 11 is 0. The van der Waals surface area contributed by atoms with E-state index in [-0.39, 0.29) is 31.1 Å². The van der Waals surface area contributed by atoms with Gasteiger partial charge in [-0.2, -0.15) is 0 Å². The zero-order valence-corrected chi connectivity index (χ0v) is 50.8. The lowest BCUT2D eigenvalue weighted by atomic mass is 10.0. The van der Waals surface area contributed by atoms with Crippen LogP contribution in [0.4, 0.5) is 0 Å².